The van der Waals surface area contributed by atoms with Crippen molar-refractivity contribution < 1.29 is 22.8 Å². The summed E-state index contributed by atoms with van der Waals surface area (Å²) in [5.41, 5.74) is -2.80. The van der Waals surface area contributed by atoms with E-state index >= 15 is 0 Å². The number of rotatable bonds is 4. The number of amides is 2. The predicted molar refractivity (Wildman–Crippen MR) is 128 cm³/mol. The van der Waals surface area contributed by atoms with E-state index in [1.165, 1.54) is 36.1 Å². The Hall–Kier alpha value is -3.93. The van der Waals surface area contributed by atoms with Crippen LogP contribution in [0, 0.1) is 0 Å². The molecule has 3 aromatic rings. The molecule has 0 radical (unpaired) electrons. The Morgan fingerprint density at radius 2 is 1.49 bits per heavy atom. The standard InChI is InChI=1S/C24H21ClF3N5O4/c1-15(34)30-10-12-31(13-11-30)21(35)20-22(36)32(14-16-2-4-17(5-3-16)24(26,27)28)23(37)33(29-20)19-8-6-18(25)7-9-19/h2-9H,10-14H2,1H3. The summed E-state index contributed by atoms with van der Waals surface area (Å²) >= 11 is 5.93. The molecule has 0 atom stereocenters. The fourth-order valence-corrected chi connectivity index (χ4v) is 4.02. The quantitative estimate of drug-likeness (QED) is 0.511. The lowest BCUT2D eigenvalue weighted by molar-refractivity contribution is -0.137. The molecule has 2 aromatic carbocycles. The van der Waals surface area contributed by atoms with E-state index in [0.29, 0.717) is 5.02 Å². The van der Waals surface area contributed by atoms with Crippen molar-refractivity contribution in [1.82, 2.24) is 24.1 Å². The fourth-order valence-electron chi connectivity index (χ4n) is 3.89. The molecule has 9 nitrogen and oxygen atoms in total. The molecule has 37 heavy (non-hydrogen) atoms. The molecular formula is C24H21ClF3N5O4. The van der Waals surface area contributed by atoms with Gasteiger partial charge in [-0.25, -0.2) is 4.79 Å². The van der Waals surface area contributed by atoms with Crippen LogP contribution in [0.25, 0.3) is 5.69 Å². The topological polar surface area (TPSA) is 97.5 Å². The minimum Gasteiger partial charge on any atom is -0.339 e. The van der Waals surface area contributed by atoms with Gasteiger partial charge in [0.1, 0.15) is 0 Å². The smallest absolute Gasteiger partial charge is 0.339 e. The number of aromatic nitrogens is 3. The maximum Gasteiger partial charge on any atom is 0.416 e. The van der Waals surface area contributed by atoms with Crippen LogP contribution >= 0.6 is 11.6 Å². The van der Waals surface area contributed by atoms with Gasteiger partial charge in [0.05, 0.1) is 17.8 Å². The molecular weight excluding hydrogens is 515 g/mol. The lowest BCUT2D eigenvalue weighted by atomic mass is 10.1. The molecule has 2 amide bonds. The summed E-state index contributed by atoms with van der Waals surface area (Å²) in [4.78, 5) is 54.4. The van der Waals surface area contributed by atoms with Crippen LogP contribution in [0.4, 0.5) is 13.2 Å². The Balaban J connectivity index is 1.76. The summed E-state index contributed by atoms with van der Waals surface area (Å²) in [5, 5.41) is 4.44. The second-order valence-corrected chi connectivity index (χ2v) is 8.84. The average Bonchev–Trinajstić information content (AvgIpc) is 2.87. The molecule has 0 N–H and O–H groups in total. The van der Waals surface area contributed by atoms with E-state index < -0.39 is 34.6 Å². The van der Waals surface area contributed by atoms with Crippen LogP contribution in [-0.2, 0) is 17.5 Å². The molecule has 0 aliphatic carbocycles. The van der Waals surface area contributed by atoms with Crippen LogP contribution in [-0.4, -0.2) is 62.1 Å². The zero-order valence-electron chi connectivity index (χ0n) is 19.5. The number of piperazine rings is 1. The monoisotopic (exact) mass is 535 g/mol. The summed E-state index contributed by atoms with van der Waals surface area (Å²) in [6.45, 7) is 1.91. The number of alkyl halides is 3. The molecule has 0 saturated carbocycles. The van der Waals surface area contributed by atoms with Gasteiger partial charge in [-0.05, 0) is 42.0 Å². The first-order valence-electron chi connectivity index (χ1n) is 11.2. The number of carbonyl (C=O) groups is 2. The Morgan fingerprint density at radius 1 is 0.919 bits per heavy atom. The van der Waals surface area contributed by atoms with Gasteiger partial charge < -0.3 is 9.80 Å². The third kappa shape index (κ3) is 5.58. The fraction of sp³-hybridized carbons (Fsp3) is 0.292. The molecule has 1 aromatic heterocycles. The van der Waals surface area contributed by atoms with Crippen LogP contribution in [0.5, 0.6) is 0 Å². The highest BCUT2D eigenvalue weighted by molar-refractivity contribution is 6.30. The first kappa shape index (κ1) is 26.1. The van der Waals surface area contributed by atoms with E-state index in [9.17, 15) is 32.3 Å². The second-order valence-electron chi connectivity index (χ2n) is 8.40. The average molecular weight is 536 g/mol. The van der Waals surface area contributed by atoms with Crippen LogP contribution in [0.1, 0.15) is 28.5 Å². The van der Waals surface area contributed by atoms with Crippen molar-refractivity contribution in [2.75, 3.05) is 26.2 Å². The van der Waals surface area contributed by atoms with E-state index in [1.54, 1.807) is 4.90 Å². The molecule has 1 aliphatic heterocycles. The van der Waals surface area contributed by atoms with Gasteiger partial charge in [-0.3, -0.25) is 19.0 Å². The highest BCUT2D eigenvalue weighted by Crippen LogP contribution is 2.29. The Labute approximate surface area is 213 Å². The highest BCUT2D eigenvalue weighted by atomic mass is 35.5. The summed E-state index contributed by atoms with van der Waals surface area (Å²) in [7, 11) is 0. The maximum atomic E-state index is 13.3. The zero-order chi connectivity index (χ0) is 26.9. The first-order valence-corrected chi connectivity index (χ1v) is 11.5. The van der Waals surface area contributed by atoms with E-state index in [0.717, 1.165) is 33.5 Å². The highest BCUT2D eigenvalue weighted by Gasteiger charge is 2.31. The normalized spacial score (nSPS) is 14.1. The van der Waals surface area contributed by atoms with E-state index in [1.807, 2.05) is 0 Å². The van der Waals surface area contributed by atoms with E-state index in [2.05, 4.69) is 5.10 Å². The summed E-state index contributed by atoms with van der Waals surface area (Å²) in [6, 6.07) is 9.96. The Kier molecular flexibility index (Phi) is 7.21. The van der Waals surface area contributed by atoms with Gasteiger partial charge in [-0.15, -0.1) is 0 Å². The molecule has 1 saturated heterocycles. The zero-order valence-corrected chi connectivity index (χ0v) is 20.3. The molecule has 0 spiro atoms. The van der Waals surface area contributed by atoms with Crippen LogP contribution in [0.15, 0.2) is 58.1 Å². The number of nitrogens with zero attached hydrogens (tertiary/aromatic N) is 5. The number of hydrogen-bond acceptors (Lipinski definition) is 5. The van der Waals surface area contributed by atoms with Crippen molar-refractivity contribution in [1.29, 1.82) is 0 Å². The molecule has 194 valence electrons. The summed E-state index contributed by atoms with van der Waals surface area (Å²) in [6.07, 6.45) is -4.54. The minimum absolute atomic E-state index is 0.139. The molecule has 1 fully saturated rings. The van der Waals surface area contributed by atoms with Crippen molar-refractivity contribution in [2.24, 2.45) is 0 Å². The van der Waals surface area contributed by atoms with Crippen molar-refractivity contribution in [3.05, 3.63) is 91.2 Å². The van der Waals surface area contributed by atoms with Gasteiger partial charge in [0.25, 0.3) is 11.5 Å². The number of benzene rings is 2. The maximum absolute atomic E-state index is 13.3. The number of hydrogen-bond donors (Lipinski definition) is 0. The van der Waals surface area contributed by atoms with Crippen molar-refractivity contribution in [3.8, 4) is 5.69 Å². The lowest BCUT2D eigenvalue weighted by Gasteiger charge is -2.33. The first-order chi connectivity index (χ1) is 17.5. The Morgan fingerprint density at radius 3 is 2.03 bits per heavy atom. The van der Waals surface area contributed by atoms with Crippen molar-refractivity contribution in [3.63, 3.8) is 0 Å². The minimum atomic E-state index is -4.54. The SMILES string of the molecule is CC(=O)N1CCN(C(=O)c2nn(-c3ccc(Cl)cc3)c(=O)n(Cc3ccc(C(F)(F)F)cc3)c2=O)CC1. The van der Waals surface area contributed by atoms with Crippen LogP contribution < -0.4 is 11.2 Å². The summed E-state index contributed by atoms with van der Waals surface area (Å²) in [5.74, 6) is -0.863. The number of carbonyl (C=O) groups excluding carboxylic acids is 2. The molecule has 0 bridgehead atoms. The van der Waals surface area contributed by atoms with Gasteiger partial charge in [0, 0.05) is 38.1 Å². The van der Waals surface area contributed by atoms with E-state index in [-0.39, 0.29) is 49.9 Å². The van der Waals surface area contributed by atoms with Gasteiger partial charge in [-0.1, -0.05) is 23.7 Å². The van der Waals surface area contributed by atoms with E-state index in [4.69, 9.17) is 11.6 Å². The Bertz CT molecular complexity index is 1440. The predicted octanol–water partition coefficient (Wildman–Crippen LogP) is 2.42. The van der Waals surface area contributed by atoms with Gasteiger partial charge >= 0.3 is 11.9 Å². The second kappa shape index (κ2) is 10.2. The van der Waals surface area contributed by atoms with Gasteiger partial charge in [0.2, 0.25) is 11.6 Å². The molecule has 13 heteroatoms. The molecule has 4 rings (SSSR count). The molecule has 1 aliphatic rings. The number of halogens is 4. The van der Waals surface area contributed by atoms with Crippen LogP contribution in [0.3, 0.4) is 0 Å². The summed E-state index contributed by atoms with van der Waals surface area (Å²) < 4.78 is 40.5. The molecule has 2 heterocycles. The third-order valence-electron chi connectivity index (χ3n) is 5.97. The van der Waals surface area contributed by atoms with Gasteiger partial charge in [-0.2, -0.15) is 23.0 Å². The van der Waals surface area contributed by atoms with Crippen LogP contribution in [0.2, 0.25) is 5.02 Å². The lowest BCUT2D eigenvalue weighted by Crippen LogP contribution is -2.52. The third-order valence-corrected chi connectivity index (χ3v) is 6.22. The molecule has 0 unspecified atom stereocenters. The van der Waals surface area contributed by atoms with Gasteiger partial charge in [0.15, 0.2) is 0 Å². The van der Waals surface area contributed by atoms with Crippen molar-refractivity contribution >= 4 is 23.4 Å². The van der Waals surface area contributed by atoms with Crippen molar-refractivity contribution in [2.45, 2.75) is 19.6 Å². The largest absolute Gasteiger partial charge is 0.416 e.